The van der Waals surface area contributed by atoms with Gasteiger partial charge in [0.25, 0.3) is 0 Å². The third-order valence-electron chi connectivity index (χ3n) is 5.13. The van der Waals surface area contributed by atoms with Crippen LogP contribution in [0, 0.1) is 0 Å². The summed E-state index contributed by atoms with van der Waals surface area (Å²) in [6.45, 7) is 0.506. The number of aromatic amines is 1. The molecule has 5 rings (SSSR count). The molecule has 1 amide bonds. The summed E-state index contributed by atoms with van der Waals surface area (Å²) >= 11 is 0. The van der Waals surface area contributed by atoms with Gasteiger partial charge in [-0.25, -0.2) is 9.97 Å². The Kier molecular flexibility index (Phi) is 4.55. The number of amides is 1. The maximum absolute atomic E-state index is 12.8. The predicted molar refractivity (Wildman–Crippen MR) is 116 cm³/mol. The zero-order valence-electron chi connectivity index (χ0n) is 16.7. The topological polar surface area (TPSA) is 88.2 Å². The number of likely N-dealkylation sites (N-methyl/N-ethyl adjacent to an activating group) is 1. The van der Waals surface area contributed by atoms with Crippen molar-refractivity contribution in [2.24, 2.45) is 0 Å². The molecule has 0 aliphatic carbocycles. The number of carbonyl (C=O) groups is 2. The second-order valence-electron chi connectivity index (χ2n) is 7.28. The fourth-order valence-corrected chi connectivity index (χ4v) is 3.50. The molecule has 0 saturated heterocycles. The summed E-state index contributed by atoms with van der Waals surface area (Å²) in [5, 5.41) is 0. The molecule has 0 fully saturated rings. The molecule has 0 atom stereocenters. The Morgan fingerprint density at radius 3 is 2.61 bits per heavy atom. The van der Waals surface area contributed by atoms with Crippen molar-refractivity contribution in [2.45, 2.75) is 0 Å². The zero-order chi connectivity index (χ0) is 21.4. The first kappa shape index (κ1) is 18.7. The maximum Gasteiger partial charge on any atom is 0.246 e. The molecule has 0 unspecified atom stereocenters. The Labute approximate surface area is 178 Å². The van der Waals surface area contributed by atoms with E-state index in [0.29, 0.717) is 29.6 Å². The van der Waals surface area contributed by atoms with Crippen molar-refractivity contribution in [3.63, 3.8) is 0 Å². The number of rotatable bonds is 5. The smallest absolute Gasteiger partial charge is 0.246 e. The van der Waals surface area contributed by atoms with Crippen LogP contribution < -0.4 is 4.74 Å². The van der Waals surface area contributed by atoms with E-state index in [1.54, 1.807) is 54.6 Å². The molecule has 7 heteroatoms. The van der Waals surface area contributed by atoms with Gasteiger partial charge in [0.05, 0.1) is 11.0 Å². The van der Waals surface area contributed by atoms with E-state index < -0.39 is 0 Å². The Morgan fingerprint density at radius 2 is 1.87 bits per heavy atom. The molecule has 2 aromatic carbocycles. The highest BCUT2D eigenvalue weighted by Crippen LogP contribution is 2.31. The average molecular weight is 410 g/mol. The fraction of sp³-hybridized carbons (Fsp3) is 0.0833. The third kappa shape index (κ3) is 3.57. The molecule has 7 nitrogen and oxygen atoms in total. The van der Waals surface area contributed by atoms with Crippen molar-refractivity contribution < 1.29 is 14.3 Å². The number of fused-ring (bicyclic) bond motifs is 1. The van der Waals surface area contributed by atoms with Gasteiger partial charge in [0.15, 0.2) is 5.82 Å². The lowest BCUT2D eigenvalue weighted by molar-refractivity contribution is -0.123. The number of ketones is 1. The number of aromatic nitrogens is 3. The number of pyridine rings is 1. The molecule has 31 heavy (non-hydrogen) atoms. The summed E-state index contributed by atoms with van der Waals surface area (Å²) in [6, 6.07) is 18.0. The fourth-order valence-electron chi connectivity index (χ4n) is 3.50. The number of H-pyrrole nitrogens is 1. The number of para-hydroxylation sites is 2. The Hall–Kier alpha value is -4.26. The van der Waals surface area contributed by atoms with E-state index in [2.05, 4.69) is 15.0 Å². The van der Waals surface area contributed by atoms with Gasteiger partial charge in [0.2, 0.25) is 17.6 Å². The summed E-state index contributed by atoms with van der Waals surface area (Å²) in [6.07, 6.45) is 3.23. The highest BCUT2D eigenvalue weighted by molar-refractivity contribution is 6.08. The Balaban J connectivity index is 1.37. The van der Waals surface area contributed by atoms with Gasteiger partial charge in [-0.1, -0.05) is 12.1 Å². The van der Waals surface area contributed by atoms with Crippen molar-refractivity contribution in [2.75, 3.05) is 13.6 Å². The van der Waals surface area contributed by atoms with E-state index in [9.17, 15) is 9.59 Å². The quantitative estimate of drug-likeness (QED) is 0.505. The van der Waals surface area contributed by atoms with Crippen LogP contribution in [0.15, 0.2) is 72.9 Å². The van der Waals surface area contributed by atoms with Gasteiger partial charge in [-0.3, -0.25) is 9.59 Å². The summed E-state index contributed by atoms with van der Waals surface area (Å²) in [4.78, 5) is 38.0. The van der Waals surface area contributed by atoms with Crippen molar-refractivity contribution in [3.05, 3.63) is 89.9 Å². The largest absolute Gasteiger partial charge is 0.438 e. The number of nitrogens with zero attached hydrogens (tertiary/aromatic N) is 3. The molecule has 0 bridgehead atoms. The van der Waals surface area contributed by atoms with E-state index >= 15 is 0 Å². The molecule has 2 aromatic heterocycles. The molecule has 0 spiro atoms. The SMILES string of the molecule is CN1CC(c2cccnc2Oc2ccc(C(=O)c3nc4ccccc4[nH]3)cc2)=CC1=O. The molecule has 1 N–H and O–H groups in total. The monoisotopic (exact) mass is 410 g/mol. The summed E-state index contributed by atoms with van der Waals surface area (Å²) in [5.74, 6) is 1.01. The van der Waals surface area contributed by atoms with E-state index in [1.807, 2.05) is 30.3 Å². The van der Waals surface area contributed by atoms with Gasteiger partial charge < -0.3 is 14.6 Å². The van der Waals surface area contributed by atoms with Crippen LogP contribution in [0.2, 0.25) is 0 Å². The van der Waals surface area contributed by atoms with Gasteiger partial charge in [0, 0.05) is 37.0 Å². The van der Waals surface area contributed by atoms with Gasteiger partial charge in [-0.05, 0) is 54.1 Å². The van der Waals surface area contributed by atoms with E-state index in [1.165, 1.54) is 0 Å². The lowest BCUT2D eigenvalue weighted by Crippen LogP contribution is -2.19. The first-order chi connectivity index (χ1) is 15.1. The molecule has 4 aromatic rings. The molecule has 152 valence electrons. The lowest BCUT2D eigenvalue weighted by Gasteiger charge is -2.12. The minimum atomic E-state index is -0.195. The van der Waals surface area contributed by atoms with Crippen LogP contribution in [-0.2, 0) is 4.79 Å². The first-order valence-electron chi connectivity index (χ1n) is 9.77. The minimum absolute atomic E-state index is 0.0433. The van der Waals surface area contributed by atoms with Crippen LogP contribution in [0.3, 0.4) is 0 Å². The first-order valence-corrected chi connectivity index (χ1v) is 9.77. The third-order valence-corrected chi connectivity index (χ3v) is 5.13. The molecular formula is C24H18N4O3. The lowest BCUT2D eigenvalue weighted by atomic mass is 10.1. The second-order valence-corrected chi connectivity index (χ2v) is 7.28. The Morgan fingerprint density at radius 1 is 1.06 bits per heavy atom. The molecule has 1 aliphatic rings. The second kappa shape index (κ2) is 7.53. The number of nitrogens with one attached hydrogen (secondary N) is 1. The van der Waals surface area contributed by atoms with Crippen LogP contribution in [0.25, 0.3) is 16.6 Å². The highest BCUT2D eigenvalue weighted by atomic mass is 16.5. The van der Waals surface area contributed by atoms with Crippen molar-refractivity contribution in [1.82, 2.24) is 19.9 Å². The number of hydrogen-bond donors (Lipinski definition) is 1. The van der Waals surface area contributed by atoms with Crippen molar-refractivity contribution in [3.8, 4) is 11.6 Å². The number of imidazole rings is 1. The van der Waals surface area contributed by atoms with Gasteiger partial charge in [-0.15, -0.1) is 0 Å². The van der Waals surface area contributed by atoms with Crippen LogP contribution >= 0.6 is 0 Å². The normalized spacial score (nSPS) is 13.5. The Bertz CT molecular complexity index is 1310. The van der Waals surface area contributed by atoms with Crippen LogP contribution in [-0.4, -0.2) is 45.1 Å². The predicted octanol–water partition coefficient (Wildman–Crippen LogP) is 3.84. The van der Waals surface area contributed by atoms with Crippen molar-refractivity contribution in [1.29, 1.82) is 0 Å². The number of benzene rings is 2. The van der Waals surface area contributed by atoms with Crippen LogP contribution in [0.5, 0.6) is 11.6 Å². The molecule has 3 heterocycles. The summed E-state index contributed by atoms with van der Waals surface area (Å²) in [7, 11) is 1.75. The van der Waals surface area contributed by atoms with E-state index in [0.717, 1.165) is 22.2 Å². The van der Waals surface area contributed by atoms with Gasteiger partial charge in [-0.2, -0.15) is 0 Å². The van der Waals surface area contributed by atoms with E-state index in [-0.39, 0.29) is 11.7 Å². The minimum Gasteiger partial charge on any atom is -0.438 e. The highest BCUT2D eigenvalue weighted by Gasteiger charge is 2.22. The average Bonchev–Trinajstić information content (AvgIpc) is 3.37. The number of carbonyl (C=O) groups excluding carboxylic acids is 2. The van der Waals surface area contributed by atoms with Crippen molar-refractivity contribution >= 4 is 28.3 Å². The van der Waals surface area contributed by atoms with E-state index in [4.69, 9.17) is 4.74 Å². The van der Waals surface area contributed by atoms with Crippen LogP contribution in [0.4, 0.5) is 0 Å². The van der Waals surface area contributed by atoms with Crippen LogP contribution in [0.1, 0.15) is 21.7 Å². The molecule has 0 radical (unpaired) electrons. The standard InChI is InChI=1S/C24H18N4O3/c1-28-14-16(13-21(28)29)18-5-4-12-25-24(18)31-17-10-8-15(9-11-17)22(30)23-26-19-6-2-3-7-20(19)27-23/h2-13H,14H2,1H3,(H,26,27). The van der Waals surface area contributed by atoms with Gasteiger partial charge in [0.1, 0.15) is 5.75 Å². The number of hydrogen-bond acceptors (Lipinski definition) is 5. The molecule has 1 aliphatic heterocycles. The molecule has 0 saturated carbocycles. The molecular weight excluding hydrogens is 392 g/mol. The number of ether oxygens (including phenoxy) is 1. The summed E-state index contributed by atoms with van der Waals surface area (Å²) in [5.41, 5.74) is 3.69. The maximum atomic E-state index is 12.8. The van der Waals surface area contributed by atoms with Gasteiger partial charge >= 0.3 is 0 Å². The summed E-state index contributed by atoms with van der Waals surface area (Å²) < 4.78 is 5.96. The zero-order valence-corrected chi connectivity index (χ0v) is 16.7.